The van der Waals surface area contributed by atoms with Crippen molar-refractivity contribution in [3.05, 3.63) is 82.7 Å². The molecule has 0 aliphatic heterocycles. The van der Waals surface area contributed by atoms with Crippen molar-refractivity contribution in [1.82, 2.24) is 0 Å². The molecule has 3 rings (SSSR count). The Morgan fingerprint density at radius 1 is 0.857 bits per heavy atom. The largest absolute Gasteiger partial charge is 0.320 e. The first-order chi connectivity index (χ1) is 10.1. The number of rotatable bonds is 2. The Morgan fingerprint density at radius 3 is 2.24 bits per heavy atom. The molecule has 1 unspecified atom stereocenters. The predicted octanol–water partition coefficient (Wildman–Crippen LogP) is 4.64. The van der Waals surface area contributed by atoms with Crippen LogP contribution in [0.5, 0.6) is 0 Å². The quantitative estimate of drug-likeness (QED) is 0.726. The zero-order chi connectivity index (χ0) is 15.0. The van der Waals surface area contributed by atoms with Crippen molar-refractivity contribution >= 4 is 10.8 Å². The number of nitrogens with two attached hydrogens (primary N) is 1. The Hall–Kier alpha value is -2.19. The van der Waals surface area contributed by atoms with Gasteiger partial charge < -0.3 is 5.73 Å². The van der Waals surface area contributed by atoms with Gasteiger partial charge >= 0.3 is 0 Å². The standard InChI is InChI=1S/C19H18FN/c1-12-7-9-17(18(20)11-12)19(21)16-10-8-13(2)14-5-3-4-6-15(14)16/h3-11,19H,21H2,1-2H3. The Bertz CT molecular complexity index is 808. The van der Waals surface area contributed by atoms with E-state index in [1.165, 1.54) is 11.6 Å². The second-order valence-corrected chi connectivity index (χ2v) is 5.52. The number of fused-ring (bicyclic) bond motifs is 1. The average molecular weight is 279 g/mol. The Labute approximate surface area is 124 Å². The Balaban J connectivity index is 2.18. The fourth-order valence-electron chi connectivity index (χ4n) is 2.80. The van der Waals surface area contributed by atoms with Crippen molar-refractivity contribution in [1.29, 1.82) is 0 Å². The summed E-state index contributed by atoms with van der Waals surface area (Å²) in [4.78, 5) is 0. The molecule has 106 valence electrons. The maximum absolute atomic E-state index is 14.2. The molecule has 0 saturated heterocycles. The molecule has 0 heterocycles. The Morgan fingerprint density at radius 2 is 1.52 bits per heavy atom. The topological polar surface area (TPSA) is 26.0 Å². The molecule has 0 amide bonds. The summed E-state index contributed by atoms with van der Waals surface area (Å²) in [5, 5.41) is 2.25. The molecule has 0 aliphatic carbocycles. The highest BCUT2D eigenvalue weighted by Gasteiger charge is 2.16. The van der Waals surface area contributed by atoms with Gasteiger partial charge in [-0.1, -0.05) is 48.5 Å². The molecule has 3 aromatic carbocycles. The smallest absolute Gasteiger partial charge is 0.128 e. The lowest BCUT2D eigenvalue weighted by atomic mass is 9.92. The van der Waals surface area contributed by atoms with Gasteiger partial charge in [0, 0.05) is 5.56 Å². The predicted molar refractivity (Wildman–Crippen MR) is 85.9 cm³/mol. The van der Waals surface area contributed by atoms with Gasteiger partial charge in [-0.25, -0.2) is 4.39 Å². The van der Waals surface area contributed by atoms with Crippen LogP contribution >= 0.6 is 0 Å². The highest BCUT2D eigenvalue weighted by molar-refractivity contribution is 5.89. The Kier molecular flexibility index (Phi) is 3.48. The van der Waals surface area contributed by atoms with Crippen molar-refractivity contribution in [3.63, 3.8) is 0 Å². The summed E-state index contributed by atoms with van der Waals surface area (Å²) in [7, 11) is 0. The molecular formula is C19H18FN. The molecule has 1 nitrogen and oxygen atoms in total. The summed E-state index contributed by atoms with van der Waals surface area (Å²) in [5.74, 6) is -0.243. The van der Waals surface area contributed by atoms with E-state index in [0.717, 1.165) is 21.9 Å². The molecule has 0 fully saturated rings. The minimum absolute atomic E-state index is 0.243. The first-order valence-electron chi connectivity index (χ1n) is 7.08. The van der Waals surface area contributed by atoms with E-state index in [2.05, 4.69) is 13.0 Å². The van der Waals surface area contributed by atoms with Gasteiger partial charge in [-0.3, -0.25) is 0 Å². The molecule has 2 N–H and O–H groups in total. The number of halogens is 1. The van der Waals surface area contributed by atoms with Crippen LogP contribution in [0, 0.1) is 19.7 Å². The van der Waals surface area contributed by atoms with Gasteiger partial charge in [-0.05, 0) is 47.4 Å². The molecular weight excluding hydrogens is 261 g/mol. The monoisotopic (exact) mass is 279 g/mol. The SMILES string of the molecule is Cc1ccc(C(N)c2ccc(C)c3ccccc23)c(F)c1. The highest BCUT2D eigenvalue weighted by atomic mass is 19.1. The minimum Gasteiger partial charge on any atom is -0.320 e. The highest BCUT2D eigenvalue weighted by Crippen LogP contribution is 2.30. The molecule has 0 bridgehead atoms. The van der Waals surface area contributed by atoms with Gasteiger partial charge in [0.15, 0.2) is 0 Å². The molecule has 0 saturated carbocycles. The molecule has 0 spiro atoms. The van der Waals surface area contributed by atoms with Gasteiger partial charge in [0.2, 0.25) is 0 Å². The first kappa shape index (κ1) is 13.8. The maximum atomic E-state index is 14.2. The van der Waals surface area contributed by atoms with E-state index in [9.17, 15) is 4.39 Å². The third-order valence-corrected chi connectivity index (χ3v) is 4.00. The summed E-state index contributed by atoms with van der Waals surface area (Å²) in [6.45, 7) is 3.95. The van der Waals surface area contributed by atoms with Crippen LogP contribution in [0.15, 0.2) is 54.6 Å². The lowest BCUT2D eigenvalue weighted by Gasteiger charge is -2.17. The van der Waals surface area contributed by atoms with Crippen LogP contribution < -0.4 is 5.73 Å². The zero-order valence-corrected chi connectivity index (χ0v) is 12.2. The number of hydrogen-bond acceptors (Lipinski definition) is 1. The van der Waals surface area contributed by atoms with Crippen LogP contribution in [-0.2, 0) is 0 Å². The van der Waals surface area contributed by atoms with Gasteiger partial charge in [-0.15, -0.1) is 0 Å². The number of aryl methyl sites for hydroxylation is 2. The fourth-order valence-corrected chi connectivity index (χ4v) is 2.80. The molecule has 1 atom stereocenters. The van der Waals surface area contributed by atoms with Crippen molar-refractivity contribution in [2.75, 3.05) is 0 Å². The molecule has 21 heavy (non-hydrogen) atoms. The summed E-state index contributed by atoms with van der Waals surface area (Å²) < 4.78 is 14.2. The maximum Gasteiger partial charge on any atom is 0.128 e. The van der Waals surface area contributed by atoms with Gasteiger partial charge in [0.1, 0.15) is 5.82 Å². The van der Waals surface area contributed by atoms with E-state index in [1.54, 1.807) is 6.07 Å². The van der Waals surface area contributed by atoms with Crippen molar-refractivity contribution in [2.45, 2.75) is 19.9 Å². The lowest BCUT2D eigenvalue weighted by Crippen LogP contribution is -2.14. The van der Waals surface area contributed by atoms with E-state index in [0.29, 0.717) is 5.56 Å². The fraction of sp³-hybridized carbons (Fsp3) is 0.158. The zero-order valence-electron chi connectivity index (χ0n) is 12.2. The van der Waals surface area contributed by atoms with Crippen LogP contribution in [0.25, 0.3) is 10.8 Å². The van der Waals surface area contributed by atoms with Crippen LogP contribution in [0.2, 0.25) is 0 Å². The van der Waals surface area contributed by atoms with E-state index in [1.807, 2.05) is 43.3 Å². The number of benzene rings is 3. The van der Waals surface area contributed by atoms with Crippen LogP contribution in [0.4, 0.5) is 4.39 Å². The minimum atomic E-state index is -0.462. The number of hydrogen-bond donors (Lipinski definition) is 1. The molecule has 0 aromatic heterocycles. The third-order valence-electron chi connectivity index (χ3n) is 4.00. The molecule has 0 aliphatic rings. The van der Waals surface area contributed by atoms with Gasteiger partial charge in [0.25, 0.3) is 0 Å². The second-order valence-electron chi connectivity index (χ2n) is 5.52. The summed E-state index contributed by atoms with van der Waals surface area (Å²) >= 11 is 0. The summed E-state index contributed by atoms with van der Waals surface area (Å²) in [5.41, 5.74) is 9.94. The van der Waals surface area contributed by atoms with Gasteiger partial charge in [-0.2, -0.15) is 0 Å². The molecule has 2 heteroatoms. The first-order valence-corrected chi connectivity index (χ1v) is 7.08. The average Bonchev–Trinajstić information content (AvgIpc) is 2.47. The lowest BCUT2D eigenvalue weighted by molar-refractivity contribution is 0.599. The van der Waals surface area contributed by atoms with E-state index >= 15 is 0 Å². The van der Waals surface area contributed by atoms with E-state index in [4.69, 9.17) is 5.73 Å². The second kappa shape index (κ2) is 5.30. The summed E-state index contributed by atoms with van der Waals surface area (Å²) in [6, 6.07) is 16.9. The van der Waals surface area contributed by atoms with E-state index in [-0.39, 0.29) is 5.82 Å². The van der Waals surface area contributed by atoms with Crippen LogP contribution in [0.3, 0.4) is 0 Å². The molecule has 0 radical (unpaired) electrons. The van der Waals surface area contributed by atoms with Crippen LogP contribution in [-0.4, -0.2) is 0 Å². The van der Waals surface area contributed by atoms with Crippen molar-refractivity contribution in [3.8, 4) is 0 Å². The normalized spacial score (nSPS) is 12.6. The van der Waals surface area contributed by atoms with E-state index < -0.39 is 6.04 Å². The summed E-state index contributed by atoms with van der Waals surface area (Å²) in [6.07, 6.45) is 0. The van der Waals surface area contributed by atoms with Gasteiger partial charge in [0.05, 0.1) is 6.04 Å². The van der Waals surface area contributed by atoms with Crippen LogP contribution in [0.1, 0.15) is 28.3 Å². The third kappa shape index (κ3) is 2.43. The van der Waals surface area contributed by atoms with Crippen molar-refractivity contribution in [2.24, 2.45) is 5.73 Å². The van der Waals surface area contributed by atoms with Crippen molar-refractivity contribution < 1.29 is 4.39 Å². The molecule has 3 aromatic rings.